The molecule has 1 fully saturated rings. The minimum Gasteiger partial charge on any atom is -0.493 e. The van der Waals surface area contributed by atoms with Gasteiger partial charge in [-0.15, -0.1) is 0 Å². The number of methoxy groups -OCH3 is 2. The number of benzene rings is 1. The first-order chi connectivity index (χ1) is 15.2. The summed E-state index contributed by atoms with van der Waals surface area (Å²) in [6.45, 7) is 2.84. The second kappa shape index (κ2) is 8.43. The first-order valence-electron chi connectivity index (χ1n) is 10.6. The first-order valence-corrected chi connectivity index (χ1v) is 10.6. The number of hydrogen-bond acceptors (Lipinski definition) is 6. The lowest BCUT2D eigenvalue weighted by Crippen LogP contribution is -2.34. The van der Waals surface area contributed by atoms with E-state index in [1.807, 2.05) is 47.1 Å². The highest BCUT2D eigenvalue weighted by molar-refractivity contribution is 5.74. The van der Waals surface area contributed by atoms with Crippen molar-refractivity contribution in [2.24, 2.45) is 0 Å². The number of ether oxygens (including phenoxy) is 2. The fraction of sp³-hybridized carbons (Fsp3) is 0.333. The van der Waals surface area contributed by atoms with Gasteiger partial charge in [0.05, 0.1) is 27.0 Å². The number of piperidine rings is 1. The van der Waals surface area contributed by atoms with E-state index >= 15 is 0 Å². The standard InChI is InChI=1S/C24H26N4O3/c1-29-21-9-3-8-20(23(21)30-2)17-10-11-22-25-24(26-28(22)15-17)18-6-4-12-27(14-18)16-19-7-5-13-31-19/h3,5,7-11,13,15,18H,4,6,12,14,16H2,1-2H3/t18-/m0/s1. The first kappa shape index (κ1) is 19.6. The molecule has 31 heavy (non-hydrogen) atoms. The van der Waals surface area contributed by atoms with Crippen LogP contribution in [0.4, 0.5) is 0 Å². The van der Waals surface area contributed by atoms with Crippen LogP contribution in [-0.2, 0) is 6.54 Å². The average molecular weight is 418 g/mol. The van der Waals surface area contributed by atoms with Crippen molar-refractivity contribution in [3.8, 4) is 22.6 Å². The molecule has 0 spiro atoms. The van der Waals surface area contributed by atoms with E-state index in [9.17, 15) is 0 Å². The van der Waals surface area contributed by atoms with E-state index in [1.165, 1.54) is 0 Å². The quantitative estimate of drug-likeness (QED) is 0.463. The molecule has 0 saturated carbocycles. The van der Waals surface area contributed by atoms with Crippen molar-refractivity contribution < 1.29 is 13.9 Å². The number of hydrogen-bond donors (Lipinski definition) is 0. The Kier molecular flexibility index (Phi) is 5.34. The van der Waals surface area contributed by atoms with Crippen LogP contribution < -0.4 is 9.47 Å². The highest BCUT2D eigenvalue weighted by Gasteiger charge is 2.25. The van der Waals surface area contributed by atoms with E-state index in [4.69, 9.17) is 24.0 Å². The summed E-state index contributed by atoms with van der Waals surface area (Å²) in [5.74, 6) is 3.64. The van der Waals surface area contributed by atoms with Gasteiger partial charge in [-0.1, -0.05) is 12.1 Å². The van der Waals surface area contributed by atoms with E-state index in [0.717, 1.165) is 60.8 Å². The van der Waals surface area contributed by atoms with Crippen LogP contribution in [0.15, 0.2) is 59.3 Å². The van der Waals surface area contributed by atoms with Gasteiger partial charge in [-0.25, -0.2) is 9.50 Å². The van der Waals surface area contributed by atoms with Gasteiger partial charge in [0.1, 0.15) is 5.76 Å². The molecule has 7 nitrogen and oxygen atoms in total. The number of aromatic nitrogens is 3. The van der Waals surface area contributed by atoms with E-state index in [0.29, 0.717) is 17.4 Å². The van der Waals surface area contributed by atoms with Gasteiger partial charge >= 0.3 is 0 Å². The van der Waals surface area contributed by atoms with Crippen LogP contribution in [0.2, 0.25) is 0 Å². The van der Waals surface area contributed by atoms with Crippen LogP contribution in [0.3, 0.4) is 0 Å². The van der Waals surface area contributed by atoms with Crippen molar-refractivity contribution in [1.29, 1.82) is 0 Å². The number of fused-ring (bicyclic) bond motifs is 1. The molecular formula is C24H26N4O3. The Morgan fingerprint density at radius 3 is 2.84 bits per heavy atom. The molecule has 1 aliphatic rings. The monoisotopic (exact) mass is 418 g/mol. The molecule has 1 saturated heterocycles. The van der Waals surface area contributed by atoms with Gasteiger partial charge in [-0.05, 0) is 49.7 Å². The van der Waals surface area contributed by atoms with Crippen molar-refractivity contribution in [3.05, 3.63) is 66.5 Å². The normalized spacial score (nSPS) is 17.2. The Morgan fingerprint density at radius 1 is 1.10 bits per heavy atom. The van der Waals surface area contributed by atoms with Crippen LogP contribution in [0.1, 0.15) is 30.3 Å². The molecule has 0 amide bonds. The third-order valence-corrected chi connectivity index (χ3v) is 5.89. The second-order valence-corrected chi connectivity index (χ2v) is 7.89. The summed E-state index contributed by atoms with van der Waals surface area (Å²) >= 11 is 0. The number of rotatable bonds is 6. The molecular weight excluding hydrogens is 392 g/mol. The molecule has 3 aromatic heterocycles. The largest absolute Gasteiger partial charge is 0.493 e. The minimum atomic E-state index is 0.318. The van der Waals surface area contributed by atoms with E-state index in [1.54, 1.807) is 20.5 Å². The van der Waals surface area contributed by atoms with Gasteiger partial charge in [0.2, 0.25) is 0 Å². The lowest BCUT2D eigenvalue weighted by Gasteiger charge is -2.30. The molecule has 4 aromatic rings. The van der Waals surface area contributed by atoms with Crippen LogP contribution in [0, 0.1) is 0 Å². The molecule has 0 unspecified atom stereocenters. The maximum absolute atomic E-state index is 5.61. The zero-order valence-corrected chi connectivity index (χ0v) is 17.8. The molecule has 0 N–H and O–H groups in total. The van der Waals surface area contributed by atoms with Crippen molar-refractivity contribution in [3.63, 3.8) is 0 Å². The average Bonchev–Trinajstić information content (AvgIpc) is 3.47. The van der Waals surface area contributed by atoms with Gasteiger partial charge < -0.3 is 13.9 Å². The summed E-state index contributed by atoms with van der Waals surface area (Å²) in [7, 11) is 3.30. The molecule has 0 aliphatic carbocycles. The van der Waals surface area contributed by atoms with Crippen molar-refractivity contribution in [2.75, 3.05) is 27.3 Å². The summed E-state index contributed by atoms with van der Waals surface area (Å²) < 4.78 is 18.4. The zero-order valence-electron chi connectivity index (χ0n) is 17.8. The Balaban J connectivity index is 1.41. The van der Waals surface area contributed by atoms with Crippen molar-refractivity contribution >= 4 is 5.65 Å². The van der Waals surface area contributed by atoms with Crippen molar-refractivity contribution in [1.82, 2.24) is 19.5 Å². The smallest absolute Gasteiger partial charge is 0.168 e. The molecule has 1 atom stereocenters. The zero-order chi connectivity index (χ0) is 21.2. The number of furan rings is 1. The summed E-state index contributed by atoms with van der Waals surface area (Å²) in [6, 6.07) is 13.9. The lowest BCUT2D eigenvalue weighted by atomic mass is 9.97. The third-order valence-electron chi connectivity index (χ3n) is 5.89. The maximum Gasteiger partial charge on any atom is 0.168 e. The fourth-order valence-electron chi connectivity index (χ4n) is 4.38. The van der Waals surface area contributed by atoms with E-state index in [-0.39, 0.29) is 0 Å². The highest BCUT2D eigenvalue weighted by atomic mass is 16.5. The summed E-state index contributed by atoms with van der Waals surface area (Å²) in [5.41, 5.74) is 2.81. The van der Waals surface area contributed by atoms with E-state index < -0.39 is 0 Å². The van der Waals surface area contributed by atoms with Crippen LogP contribution in [0.25, 0.3) is 16.8 Å². The number of nitrogens with zero attached hydrogens (tertiary/aromatic N) is 4. The maximum atomic E-state index is 5.61. The van der Waals surface area contributed by atoms with Gasteiger partial charge in [-0.2, -0.15) is 5.10 Å². The van der Waals surface area contributed by atoms with Crippen LogP contribution in [0.5, 0.6) is 11.5 Å². The van der Waals surface area contributed by atoms with Gasteiger partial charge in [0, 0.05) is 29.8 Å². The van der Waals surface area contributed by atoms with Crippen LogP contribution >= 0.6 is 0 Å². The minimum absolute atomic E-state index is 0.318. The molecule has 1 aliphatic heterocycles. The van der Waals surface area contributed by atoms with Crippen molar-refractivity contribution in [2.45, 2.75) is 25.3 Å². The van der Waals surface area contributed by atoms with Crippen LogP contribution in [-0.4, -0.2) is 46.8 Å². The molecule has 4 heterocycles. The predicted molar refractivity (Wildman–Crippen MR) is 117 cm³/mol. The Hall–Kier alpha value is -3.32. The Bertz CT molecular complexity index is 1170. The highest BCUT2D eigenvalue weighted by Crippen LogP contribution is 2.37. The Morgan fingerprint density at radius 2 is 2.03 bits per heavy atom. The van der Waals surface area contributed by atoms with E-state index in [2.05, 4.69) is 11.0 Å². The van der Waals surface area contributed by atoms with Gasteiger partial charge in [0.25, 0.3) is 0 Å². The molecule has 7 heteroatoms. The number of para-hydroxylation sites is 1. The molecule has 160 valence electrons. The molecule has 0 radical (unpaired) electrons. The number of pyridine rings is 1. The third kappa shape index (κ3) is 3.88. The van der Waals surface area contributed by atoms with Gasteiger partial charge in [0.15, 0.2) is 23.0 Å². The molecule has 5 rings (SSSR count). The second-order valence-electron chi connectivity index (χ2n) is 7.89. The van der Waals surface area contributed by atoms with Gasteiger partial charge in [-0.3, -0.25) is 4.90 Å². The lowest BCUT2D eigenvalue weighted by molar-refractivity contribution is 0.183. The molecule has 1 aromatic carbocycles. The number of likely N-dealkylation sites (tertiary alicyclic amines) is 1. The summed E-state index contributed by atoms with van der Waals surface area (Å²) in [5, 5.41) is 4.84. The SMILES string of the molecule is COc1cccc(-c2ccc3nc([C@H]4CCCN(Cc5ccco5)C4)nn3c2)c1OC. The predicted octanol–water partition coefficient (Wildman–Crippen LogP) is 4.39. The fourth-order valence-corrected chi connectivity index (χ4v) is 4.38. The Labute approximate surface area is 181 Å². The summed E-state index contributed by atoms with van der Waals surface area (Å²) in [4.78, 5) is 7.25. The molecule has 0 bridgehead atoms. The topological polar surface area (TPSA) is 65.0 Å². The summed E-state index contributed by atoms with van der Waals surface area (Å²) in [6.07, 6.45) is 5.97.